The summed E-state index contributed by atoms with van der Waals surface area (Å²) in [4.78, 5) is 16.8. The quantitative estimate of drug-likeness (QED) is 0.765. The Morgan fingerprint density at radius 3 is 2.32 bits per heavy atom. The zero-order valence-electron chi connectivity index (χ0n) is 14.0. The fourth-order valence-electron chi connectivity index (χ4n) is 2.43. The maximum atomic E-state index is 12.4. The Morgan fingerprint density at radius 1 is 0.920 bits per heavy atom. The number of carbonyl (C=O) groups is 1. The number of aromatic nitrogens is 1. The Labute approximate surface area is 146 Å². The summed E-state index contributed by atoms with van der Waals surface area (Å²) in [7, 11) is 3.12. The summed E-state index contributed by atoms with van der Waals surface area (Å²) in [5, 5.41) is 2.83. The number of carbonyl (C=O) groups excluding carboxylic acids is 1. The van der Waals surface area contributed by atoms with Gasteiger partial charge < -0.3 is 14.8 Å². The van der Waals surface area contributed by atoms with Crippen molar-refractivity contribution in [2.45, 2.75) is 0 Å². The predicted molar refractivity (Wildman–Crippen MR) is 97.2 cm³/mol. The van der Waals surface area contributed by atoms with Crippen molar-refractivity contribution in [3.63, 3.8) is 0 Å². The lowest BCUT2D eigenvalue weighted by Gasteiger charge is -2.10. The van der Waals surface area contributed by atoms with E-state index in [4.69, 9.17) is 9.47 Å². The third-order valence-electron chi connectivity index (χ3n) is 3.74. The van der Waals surface area contributed by atoms with Gasteiger partial charge in [-0.05, 0) is 24.3 Å². The topological polar surface area (TPSA) is 60.5 Å². The fraction of sp³-hybridized carbons (Fsp3) is 0.100. The lowest BCUT2D eigenvalue weighted by atomic mass is 10.1. The van der Waals surface area contributed by atoms with Crippen molar-refractivity contribution in [1.82, 2.24) is 4.98 Å². The molecule has 126 valence electrons. The van der Waals surface area contributed by atoms with Gasteiger partial charge in [0.15, 0.2) is 11.5 Å². The van der Waals surface area contributed by atoms with Gasteiger partial charge in [0, 0.05) is 23.5 Å². The molecule has 0 aliphatic heterocycles. The standard InChI is InChI=1S/C20H18N2O3/c1-24-18-11-9-16(12-19(18)25-2)22-20(23)15-8-10-17(21-13-15)14-6-4-3-5-7-14/h3-13H,1-2H3,(H,22,23). The first kappa shape index (κ1) is 16.5. The van der Waals surface area contributed by atoms with Crippen LogP contribution in [0.1, 0.15) is 10.4 Å². The van der Waals surface area contributed by atoms with Crippen LogP contribution in [0.2, 0.25) is 0 Å². The van der Waals surface area contributed by atoms with E-state index < -0.39 is 0 Å². The molecule has 1 heterocycles. The molecule has 5 heteroatoms. The minimum atomic E-state index is -0.237. The minimum Gasteiger partial charge on any atom is -0.493 e. The van der Waals surface area contributed by atoms with Gasteiger partial charge in [-0.25, -0.2) is 0 Å². The second-order valence-electron chi connectivity index (χ2n) is 5.32. The maximum Gasteiger partial charge on any atom is 0.257 e. The third kappa shape index (κ3) is 3.77. The number of ether oxygens (including phenoxy) is 2. The molecule has 2 aromatic carbocycles. The lowest BCUT2D eigenvalue weighted by Crippen LogP contribution is -2.12. The lowest BCUT2D eigenvalue weighted by molar-refractivity contribution is 0.102. The predicted octanol–water partition coefficient (Wildman–Crippen LogP) is 4.02. The van der Waals surface area contributed by atoms with Gasteiger partial charge in [0.1, 0.15) is 0 Å². The van der Waals surface area contributed by atoms with E-state index in [2.05, 4.69) is 10.3 Å². The van der Waals surface area contributed by atoms with Crippen LogP contribution >= 0.6 is 0 Å². The van der Waals surface area contributed by atoms with Crippen molar-refractivity contribution in [1.29, 1.82) is 0 Å². The van der Waals surface area contributed by atoms with E-state index in [-0.39, 0.29) is 5.91 Å². The Morgan fingerprint density at radius 2 is 1.68 bits per heavy atom. The molecule has 0 aliphatic rings. The number of pyridine rings is 1. The molecule has 1 amide bonds. The van der Waals surface area contributed by atoms with Crippen LogP contribution in [0.15, 0.2) is 66.9 Å². The molecule has 0 unspecified atom stereocenters. The van der Waals surface area contributed by atoms with E-state index >= 15 is 0 Å². The van der Waals surface area contributed by atoms with E-state index in [1.54, 1.807) is 44.7 Å². The van der Waals surface area contributed by atoms with Gasteiger partial charge in [-0.1, -0.05) is 30.3 Å². The Kier molecular flexibility index (Phi) is 4.95. The molecule has 5 nitrogen and oxygen atoms in total. The molecule has 0 aliphatic carbocycles. The molecule has 3 rings (SSSR count). The highest BCUT2D eigenvalue weighted by Crippen LogP contribution is 2.30. The largest absolute Gasteiger partial charge is 0.493 e. The highest BCUT2D eigenvalue weighted by molar-refractivity contribution is 6.04. The highest BCUT2D eigenvalue weighted by atomic mass is 16.5. The summed E-state index contributed by atoms with van der Waals surface area (Å²) in [5.74, 6) is 0.923. The Bertz CT molecular complexity index is 862. The third-order valence-corrected chi connectivity index (χ3v) is 3.74. The molecular weight excluding hydrogens is 316 g/mol. The number of methoxy groups -OCH3 is 2. The zero-order valence-corrected chi connectivity index (χ0v) is 14.0. The van der Waals surface area contributed by atoms with Gasteiger partial charge in [-0.15, -0.1) is 0 Å². The minimum absolute atomic E-state index is 0.237. The molecule has 0 spiro atoms. The summed E-state index contributed by atoms with van der Waals surface area (Å²) >= 11 is 0. The Hall–Kier alpha value is -3.34. The average Bonchev–Trinajstić information content (AvgIpc) is 2.68. The van der Waals surface area contributed by atoms with E-state index in [0.717, 1.165) is 11.3 Å². The van der Waals surface area contributed by atoms with Gasteiger partial charge >= 0.3 is 0 Å². The summed E-state index contributed by atoms with van der Waals surface area (Å²) < 4.78 is 10.4. The molecule has 0 radical (unpaired) electrons. The Balaban J connectivity index is 1.75. The first-order valence-corrected chi connectivity index (χ1v) is 7.76. The molecule has 0 bridgehead atoms. The number of nitrogens with one attached hydrogen (secondary N) is 1. The van der Waals surface area contributed by atoms with Crippen molar-refractivity contribution < 1.29 is 14.3 Å². The van der Waals surface area contributed by atoms with Crippen LogP contribution in [0.25, 0.3) is 11.3 Å². The molecule has 1 N–H and O–H groups in total. The first-order valence-electron chi connectivity index (χ1n) is 7.76. The molecule has 0 atom stereocenters. The summed E-state index contributed by atoms with van der Waals surface area (Å²) in [6.45, 7) is 0. The molecule has 1 aromatic heterocycles. The van der Waals surface area contributed by atoms with Gasteiger partial charge in [0.25, 0.3) is 5.91 Å². The van der Waals surface area contributed by atoms with Crippen LogP contribution in [-0.4, -0.2) is 25.1 Å². The summed E-state index contributed by atoms with van der Waals surface area (Å²) in [6.07, 6.45) is 1.57. The van der Waals surface area contributed by atoms with Crippen molar-refractivity contribution >= 4 is 11.6 Å². The van der Waals surface area contributed by atoms with Crippen LogP contribution in [0.5, 0.6) is 11.5 Å². The van der Waals surface area contributed by atoms with Crippen LogP contribution in [0.3, 0.4) is 0 Å². The molecule has 0 saturated carbocycles. The second kappa shape index (κ2) is 7.49. The number of rotatable bonds is 5. The monoisotopic (exact) mass is 334 g/mol. The normalized spacial score (nSPS) is 10.2. The van der Waals surface area contributed by atoms with Gasteiger partial charge in [0.05, 0.1) is 25.5 Å². The number of hydrogen-bond donors (Lipinski definition) is 1. The molecular formula is C20H18N2O3. The van der Waals surface area contributed by atoms with Crippen LogP contribution in [-0.2, 0) is 0 Å². The maximum absolute atomic E-state index is 12.4. The SMILES string of the molecule is COc1ccc(NC(=O)c2ccc(-c3ccccc3)nc2)cc1OC. The van der Waals surface area contributed by atoms with Crippen molar-refractivity contribution in [2.24, 2.45) is 0 Å². The fourth-order valence-corrected chi connectivity index (χ4v) is 2.43. The molecule has 0 saturated heterocycles. The number of amides is 1. The number of benzene rings is 2. The van der Waals surface area contributed by atoms with Crippen LogP contribution in [0, 0.1) is 0 Å². The highest BCUT2D eigenvalue weighted by Gasteiger charge is 2.10. The summed E-state index contributed by atoms with van der Waals surface area (Å²) in [6, 6.07) is 18.6. The molecule has 0 fully saturated rings. The van der Waals surface area contributed by atoms with Gasteiger partial charge in [-0.2, -0.15) is 0 Å². The molecule has 3 aromatic rings. The smallest absolute Gasteiger partial charge is 0.257 e. The number of hydrogen-bond acceptors (Lipinski definition) is 4. The first-order chi connectivity index (χ1) is 12.2. The number of anilines is 1. The van der Waals surface area contributed by atoms with Crippen molar-refractivity contribution in [2.75, 3.05) is 19.5 Å². The van der Waals surface area contributed by atoms with E-state index in [1.807, 2.05) is 36.4 Å². The van der Waals surface area contributed by atoms with Crippen molar-refractivity contribution in [3.8, 4) is 22.8 Å². The average molecular weight is 334 g/mol. The van der Waals surface area contributed by atoms with E-state index in [9.17, 15) is 4.79 Å². The van der Waals surface area contributed by atoms with Gasteiger partial charge in [-0.3, -0.25) is 9.78 Å². The second-order valence-corrected chi connectivity index (χ2v) is 5.32. The van der Waals surface area contributed by atoms with E-state index in [0.29, 0.717) is 22.7 Å². The van der Waals surface area contributed by atoms with Gasteiger partial charge in [0.2, 0.25) is 0 Å². The van der Waals surface area contributed by atoms with Crippen molar-refractivity contribution in [3.05, 3.63) is 72.4 Å². The van der Waals surface area contributed by atoms with Crippen LogP contribution < -0.4 is 14.8 Å². The number of nitrogens with zero attached hydrogens (tertiary/aromatic N) is 1. The zero-order chi connectivity index (χ0) is 17.6. The van der Waals surface area contributed by atoms with E-state index in [1.165, 1.54) is 0 Å². The molecule has 25 heavy (non-hydrogen) atoms. The summed E-state index contributed by atoms with van der Waals surface area (Å²) in [5.41, 5.74) is 2.93. The van der Waals surface area contributed by atoms with Crippen LogP contribution in [0.4, 0.5) is 5.69 Å².